The molecule has 26 heavy (non-hydrogen) atoms. The SMILES string of the molecule is C#N.NC#CC1=CCC(c2ccccc2)(c2ccccc2)C([N+](=O)[O-])=C1. The number of nitriles is 1. The van der Waals surface area contributed by atoms with Gasteiger partial charge in [-0.3, -0.25) is 10.1 Å². The highest BCUT2D eigenvalue weighted by Gasteiger charge is 2.46. The van der Waals surface area contributed by atoms with Gasteiger partial charge < -0.3 is 5.73 Å². The van der Waals surface area contributed by atoms with Gasteiger partial charge in [0.15, 0.2) is 0 Å². The van der Waals surface area contributed by atoms with E-state index in [9.17, 15) is 10.1 Å². The van der Waals surface area contributed by atoms with Crippen LogP contribution in [-0.4, -0.2) is 4.92 Å². The Bertz CT molecular complexity index is 878. The molecule has 1 aliphatic carbocycles. The van der Waals surface area contributed by atoms with Crippen LogP contribution < -0.4 is 5.73 Å². The molecule has 3 rings (SSSR count). The second-order valence-electron chi connectivity index (χ2n) is 5.56. The van der Waals surface area contributed by atoms with Crippen molar-refractivity contribution in [3.63, 3.8) is 0 Å². The van der Waals surface area contributed by atoms with Gasteiger partial charge in [-0.15, -0.1) is 0 Å². The standard InChI is InChI=1S/C20H16N2O2.CHN/c21-14-12-16-11-13-20(19(15-16)22(23)24,17-7-3-1-4-8-17)18-9-5-2-6-10-18;1-2/h1-11,15H,13,21H2;1H. The van der Waals surface area contributed by atoms with Gasteiger partial charge in [0, 0.05) is 24.3 Å². The van der Waals surface area contributed by atoms with E-state index in [-0.39, 0.29) is 10.6 Å². The molecule has 128 valence electrons. The van der Waals surface area contributed by atoms with Crippen molar-refractivity contribution in [2.75, 3.05) is 0 Å². The summed E-state index contributed by atoms with van der Waals surface area (Å²) >= 11 is 0. The van der Waals surface area contributed by atoms with E-state index in [0.717, 1.165) is 11.1 Å². The van der Waals surface area contributed by atoms with E-state index < -0.39 is 5.41 Å². The molecule has 0 spiro atoms. The van der Waals surface area contributed by atoms with Crippen molar-refractivity contribution in [1.82, 2.24) is 0 Å². The lowest BCUT2D eigenvalue weighted by Gasteiger charge is -2.33. The van der Waals surface area contributed by atoms with Crippen LogP contribution in [0.3, 0.4) is 0 Å². The number of nitrogens with two attached hydrogens (primary N) is 1. The van der Waals surface area contributed by atoms with Crippen molar-refractivity contribution in [1.29, 1.82) is 5.26 Å². The Morgan fingerprint density at radius 1 is 1.04 bits per heavy atom. The Kier molecular flexibility index (Phi) is 5.92. The number of benzene rings is 2. The number of nitrogens with zero attached hydrogens (tertiary/aromatic N) is 2. The molecule has 2 N–H and O–H groups in total. The van der Waals surface area contributed by atoms with Crippen molar-refractivity contribution < 1.29 is 4.92 Å². The predicted molar refractivity (Wildman–Crippen MR) is 100 cm³/mol. The van der Waals surface area contributed by atoms with E-state index in [2.05, 4.69) is 18.5 Å². The van der Waals surface area contributed by atoms with Gasteiger partial charge in [0.05, 0.1) is 4.92 Å². The molecule has 0 radical (unpaired) electrons. The molecule has 0 fully saturated rings. The fourth-order valence-electron chi connectivity index (χ4n) is 3.22. The first-order valence-corrected chi connectivity index (χ1v) is 7.83. The van der Waals surface area contributed by atoms with Crippen molar-refractivity contribution in [2.45, 2.75) is 11.8 Å². The van der Waals surface area contributed by atoms with Gasteiger partial charge in [-0.2, -0.15) is 0 Å². The van der Waals surface area contributed by atoms with Crippen LogP contribution in [0.25, 0.3) is 0 Å². The molecule has 0 unspecified atom stereocenters. The molecule has 1 aliphatic rings. The van der Waals surface area contributed by atoms with Gasteiger partial charge in [-0.05, 0) is 23.5 Å². The van der Waals surface area contributed by atoms with Gasteiger partial charge in [-0.25, -0.2) is 5.26 Å². The third-order valence-corrected chi connectivity index (χ3v) is 4.30. The zero-order valence-electron chi connectivity index (χ0n) is 14.0. The second kappa shape index (κ2) is 8.32. The maximum absolute atomic E-state index is 11.9. The molecule has 5 heteroatoms. The molecule has 0 aliphatic heterocycles. The fraction of sp³-hybridized carbons (Fsp3) is 0.0952. The highest BCUT2D eigenvalue weighted by molar-refractivity contribution is 5.54. The Morgan fingerprint density at radius 3 is 1.96 bits per heavy atom. The van der Waals surface area contributed by atoms with E-state index in [4.69, 9.17) is 11.0 Å². The third kappa shape index (κ3) is 3.33. The Morgan fingerprint density at radius 2 is 1.54 bits per heavy atom. The summed E-state index contributed by atoms with van der Waals surface area (Å²) in [6, 6.07) is 21.4. The highest BCUT2D eigenvalue weighted by Crippen LogP contribution is 2.45. The highest BCUT2D eigenvalue weighted by atomic mass is 16.6. The average Bonchev–Trinajstić information content (AvgIpc) is 2.71. The quantitative estimate of drug-likeness (QED) is 0.399. The lowest BCUT2D eigenvalue weighted by Crippen LogP contribution is -2.35. The van der Waals surface area contributed by atoms with Crippen LogP contribution in [0.1, 0.15) is 17.5 Å². The number of allylic oxidation sites excluding steroid dienone is 4. The van der Waals surface area contributed by atoms with Gasteiger partial charge in [-0.1, -0.05) is 66.7 Å². The molecule has 0 aromatic heterocycles. The molecule has 0 saturated carbocycles. The van der Waals surface area contributed by atoms with Crippen LogP contribution in [0.15, 0.2) is 84.1 Å². The molecular formula is C21H17N3O2. The summed E-state index contributed by atoms with van der Waals surface area (Å²) in [5, 5.41) is 18.4. The van der Waals surface area contributed by atoms with E-state index in [1.807, 2.05) is 66.7 Å². The minimum absolute atomic E-state index is 0.111. The Balaban J connectivity index is 0.00000117. The maximum atomic E-state index is 11.9. The Hall–Kier alpha value is -3.83. The summed E-state index contributed by atoms with van der Waals surface area (Å²) < 4.78 is 0. The van der Waals surface area contributed by atoms with E-state index in [1.165, 1.54) is 6.08 Å². The summed E-state index contributed by atoms with van der Waals surface area (Å²) in [5.41, 5.74) is 6.88. The maximum Gasteiger partial charge on any atom is 0.262 e. The van der Waals surface area contributed by atoms with Crippen molar-refractivity contribution >= 4 is 0 Å². The molecule has 2 aromatic carbocycles. The third-order valence-electron chi connectivity index (χ3n) is 4.30. The zero-order chi connectivity index (χ0) is 19.0. The molecule has 0 atom stereocenters. The fourth-order valence-corrected chi connectivity index (χ4v) is 3.22. The van der Waals surface area contributed by atoms with Crippen molar-refractivity contribution in [3.05, 3.63) is 105 Å². The number of rotatable bonds is 3. The van der Waals surface area contributed by atoms with E-state index in [1.54, 1.807) is 0 Å². The first-order chi connectivity index (χ1) is 12.7. The molecule has 5 nitrogen and oxygen atoms in total. The van der Waals surface area contributed by atoms with E-state index in [0.29, 0.717) is 12.0 Å². The van der Waals surface area contributed by atoms with Gasteiger partial charge in [0.25, 0.3) is 5.70 Å². The van der Waals surface area contributed by atoms with Crippen molar-refractivity contribution in [2.24, 2.45) is 5.73 Å². The zero-order valence-corrected chi connectivity index (χ0v) is 14.0. The summed E-state index contributed by atoms with van der Waals surface area (Å²) in [4.78, 5) is 11.6. The molecular weight excluding hydrogens is 326 g/mol. The largest absolute Gasteiger partial charge is 0.359 e. The first-order valence-electron chi connectivity index (χ1n) is 7.83. The van der Waals surface area contributed by atoms with E-state index >= 15 is 0 Å². The Labute approximate surface area is 152 Å². The topological polar surface area (TPSA) is 93.0 Å². The molecule has 0 heterocycles. The molecule has 0 bridgehead atoms. The van der Waals surface area contributed by atoms with Crippen LogP contribution in [0.2, 0.25) is 0 Å². The summed E-state index contributed by atoms with van der Waals surface area (Å²) in [6.07, 6.45) is 3.90. The second-order valence-corrected chi connectivity index (χ2v) is 5.56. The molecule has 0 saturated heterocycles. The lowest BCUT2D eigenvalue weighted by molar-refractivity contribution is -0.434. The average molecular weight is 343 g/mol. The summed E-state index contributed by atoms with van der Waals surface area (Å²) in [5.74, 6) is 2.72. The van der Waals surface area contributed by atoms with Crippen LogP contribution in [-0.2, 0) is 5.41 Å². The smallest absolute Gasteiger partial charge is 0.262 e. The van der Waals surface area contributed by atoms with Crippen LogP contribution in [0.5, 0.6) is 0 Å². The van der Waals surface area contributed by atoms with Crippen LogP contribution in [0, 0.1) is 33.9 Å². The van der Waals surface area contributed by atoms with Crippen LogP contribution in [0.4, 0.5) is 0 Å². The summed E-state index contributed by atoms with van der Waals surface area (Å²) in [6.45, 7) is 3.50. The monoisotopic (exact) mass is 343 g/mol. The first kappa shape index (κ1) is 18.5. The van der Waals surface area contributed by atoms with Crippen LogP contribution >= 0.6 is 0 Å². The minimum Gasteiger partial charge on any atom is -0.359 e. The van der Waals surface area contributed by atoms with Gasteiger partial charge in [0.2, 0.25) is 0 Å². The normalized spacial score (nSPS) is 14.4. The minimum atomic E-state index is -0.841. The van der Waals surface area contributed by atoms with Gasteiger partial charge >= 0.3 is 0 Å². The molecule has 2 aromatic rings. The summed E-state index contributed by atoms with van der Waals surface area (Å²) in [7, 11) is 0. The number of hydrogen-bond donors (Lipinski definition) is 1. The molecule has 0 amide bonds. The number of hydrogen-bond acceptors (Lipinski definition) is 4. The number of nitro groups is 1. The predicted octanol–water partition coefficient (Wildman–Crippen LogP) is 3.52. The van der Waals surface area contributed by atoms with Crippen molar-refractivity contribution in [3.8, 4) is 18.5 Å². The lowest BCUT2D eigenvalue weighted by atomic mass is 9.67. The van der Waals surface area contributed by atoms with Gasteiger partial charge in [0.1, 0.15) is 5.41 Å².